The number of hydrogen-bond acceptors (Lipinski definition) is 1. The van der Waals surface area contributed by atoms with Gasteiger partial charge in [-0.05, 0) is 66.1 Å². The lowest BCUT2D eigenvalue weighted by Crippen LogP contribution is -2.29. The summed E-state index contributed by atoms with van der Waals surface area (Å²) in [4.78, 5) is 0. The van der Waals surface area contributed by atoms with Crippen LogP contribution in [0.3, 0.4) is 0 Å². The van der Waals surface area contributed by atoms with Gasteiger partial charge in [0.25, 0.3) is 0 Å². The fourth-order valence-corrected chi connectivity index (χ4v) is 4.25. The van der Waals surface area contributed by atoms with E-state index in [-0.39, 0.29) is 5.75 Å². The SMILES string of the molecule is C[C@@H](N[C@H]1CC[C@@H](c2ccc([O])cc2)C1)c1cccc2ccccc12. The lowest BCUT2D eigenvalue weighted by molar-refractivity contribution is 0.354. The minimum absolute atomic E-state index is 0.0981. The van der Waals surface area contributed by atoms with E-state index in [1.165, 1.54) is 34.7 Å². The van der Waals surface area contributed by atoms with E-state index in [4.69, 9.17) is 0 Å². The summed E-state index contributed by atoms with van der Waals surface area (Å²) in [6, 6.07) is 23.4. The maximum atomic E-state index is 11.3. The maximum Gasteiger partial charge on any atom is 0.178 e. The van der Waals surface area contributed by atoms with Gasteiger partial charge < -0.3 is 5.32 Å². The molecule has 0 heterocycles. The highest BCUT2D eigenvalue weighted by Crippen LogP contribution is 2.36. The van der Waals surface area contributed by atoms with Crippen molar-refractivity contribution in [3.63, 3.8) is 0 Å². The van der Waals surface area contributed by atoms with Crippen LogP contribution >= 0.6 is 0 Å². The topological polar surface area (TPSA) is 31.9 Å². The van der Waals surface area contributed by atoms with E-state index >= 15 is 0 Å². The molecule has 0 spiro atoms. The molecule has 0 unspecified atom stereocenters. The van der Waals surface area contributed by atoms with Crippen LogP contribution in [0.5, 0.6) is 5.75 Å². The van der Waals surface area contributed by atoms with Crippen LogP contribution in [-0.2, 0) is 5.11 Å². The van der Waals surface area contributed by atoms with E-state index in [1.54, 1.807) is 12.1 Å². The molecule has 3 aromatic carbocycles. The largest absolute Gasteiger partial charge is 0.307 e. The summed E-state index contributed by atoms with van der Waals surface area (Å²) in [5, 5.41) is 17.8. The first-order valence-corrected chi connectivity index (χ1v) is 9.21. The third-order valence-electron chi connectivity index (χ3n) is 5.56. The third-order valence-corrected chi connectivity index (χ3v) is 5.56. The number of benzene rings is 3. The first-order chi connectivity index (χ1) is 12.2. The van der Waals surface area contributed by atoms with Crippen molar-refractivity contribution in [2.24, 2.45) is 0 Å². The predicted octanol–water partition coefficient (Wildman–Crippen LogP) is 5.97. The molecule has 2 nitrogen and oxygen atoms in total. The molecule has 127 valence electrons. The summed E-state index contributed by atoms with van der Waals surface area (Å²) in [6.07, 6.45) is 3.53. The van der Waals surface area contributed by atoms with E-state index in [0.29, 0.717) is 18.0 Å². The van der Waals surface area contributed by atoms with Gasteiger partial charge in [0.05, 0.1) is 0 Å². The molecule has 4 rings (SSSR count). The molecule has 2 heteroatoms. The Balaban J connectivity index is 1.46. The first kappa shape index (κ1) is 16.2. The van der Waals surface area contributed by atoms with E-state index in [1.807, 2.05) is 12.1 Å². The summed E-state index contributed by atoms with van der Waals surface area (Å²) in [5.74, 6) is 0.666. The van der Waals surface area contributed by atoms with Crippen molar-refractivity contribution < 1.29 is 5.11 Å². The van der Waals surface area contributed by atoms with Crippen LogP contribution in [0.1, 0.15) is 49.3 Å². The number of nitrogens with one attached hydrogen (secondary N) is 1. The zero-order valence-electron chi connectivity index (χ0n) is 14.6. The molecule has 0 aliphatic heterocycles. The Bertz CT molecular complexity index is 850. The first-order valence-electron chi connectivity index (χ1n) is 9.21. The van der Waals surface area contributed by atoms with E-state index < -0.39 is 0 Å². The molecule has 3 atom stereocenters. The van der Waals surface area contributed by atoms with E-state index in [0.717, 1.165) is 6.42 Å². The Morgan fingerprint density at radius 2 is 1.68 bits per heavy atom. The molecule has 1 saturated carbocycles. The van der Waals surface area contributed by atoms with Crippen LogP contribution in [0.25, 0.3) is 10.8 Å². The Hall–Kier alpha value is -2.32. The highest BCUT2D eigenvalue weighted by atomic mass is 16.3. The quantitative estimate of drug-likeness (QED) is 0.628. The molecule has 0 bridgehead atoms. The van der Waals surface area contributed by atoms with Crippen LogP contribution in [0.4, 0.5) is 0 Å². The number of fused-ring (bicyclic) bond motifs is 1. The van der Waals surface area contributed by atoms with Gasteiger partial charge in [0.1, 0.15) is 0 Å². The second-order valence-corrected chi connectivity index (χ2v) is 7.23. The molecule has 1 radical (unpaired) electrons. The Kier molecular flexibility index (Phi) is 4.46. The van der Waals surface area contributed by atoms with Gasteiger partial charge in [0.2, 0.25) is 0 Å². The second-order valence-electron chi connectivity index (χ2n) is 7.23. The summed E-state index contributed by atoms with van der Waals surface area (Å²) in [5.41, 5.74) is 2.68. The number of rotatable bonds is 4. The number of hydrogen-bond donors (Lipinski definition) is 1. The van der Waals surface area contributed by atoms with Gasteiger partial charge in [-0.15, -0.1) is 0 Å². The fraction of sp³-hybridized carbons (Fsp3) is 0.304. The summed E-state index contributed by atoms with van der Waals surface area (Å²) < 4.78 is 0. The minimum atomic E-state index is 0.0981. The molecular formula is C23H24NO. The lowest BCUT2D eigenvalue weighted by atomic mass is 9.96. The summed E-state index contributed by atoms with van der Waals surface area (Å²) in [6.45, 7) is 2.27. The Morgan fingerprint density at radius 3 is 2.52 bits per heavy atom. The molecule has 0 aromatic heterocycles. The van der Waals surface area contributed by atoms with Crippen LogP contribution in [-0.4, -0.2) is 6.04 Å². The molecule has 1 fully saturated rings. The monoisotopic (exact) mass is 330 g/mol. The van der Waals surface area contributed by atoms with Gasteiger partial charge in [0, 0.05) is 12.1 Å². The smallest absolute Gasteiger partial charge is 0.178 e. The lowest BCUT2D eigenvalue weighted by Gasteiger charge is -2.21. The Labute approximate surface area is 149 Å². The van der Waals surface area contributed by atoms with Crippen molar-refractivity contribution in [1.82, 2.24) is 5.32 Å². The van der Waals surface area contributed by atoms with Crippen LogP contribution < -0.4 is 5.32 Å². The van der Waals surface area contributed by atoms with Gasteiger partial charge in [-0.2, -0.15) is 0 Å². The highest BCUT2D eigenvalue weighted by Gasteiger charge is 2.27. The zero-order chi connectivity index (χ0) is 17.2. The summed E-state index contributed by atoms with van der Waals surface area (Å²) in [7, 11) is 0. The van der Waals surface area contributed by atoms with Crippen molar-refractivity contribution in [2.75, 3.05) is 0 Å². The average Bonchev–Trinajstić information content (AvgIpc) is 3.10. The fourth-order valence-electron chi connectivity index (χ4n) is 4.25. The van der Waals surface area contributed by atoms with Gasteiger partial charge in [-0.1, -0.05) is 54.6 Å². The molecule has 0 amide bonds. The third kappa shape index (κ3) is 3.40. The maximum absolute atomic E-state index is 11.3. The molecule has 1 aliphatic carbocycles. The molecule has 0 saturated heterocycles. The molecule has 1 N–H and O–H groups in total. The van der Waals surface area contributed by atoms with Crippen molar-refractivity contribution in [2.45, 2.75) is 44.2 Å². The van der Waals surface area contributed by atoms with Gasteiger partial charge in [0.15, 0.2) is 5.75 Å². The molecule has 1 aliphatic rings. The minimum Gasteiger partial charge on any atom is -0.307 e. The van der Waals surface area contributed by atoms with Crippen LogP contribution in [0.15, 0.2) is 66.7 Å². The van der Waals surface area contributed by atoms with Gasteiger partial charge in [-0.25, -0.2) is 0 Å². The zero-order valence-corrected chi connectivity index (χ0v) is 14.6. The average molecular weight is 330 g/mol. The van der Waals surface area contributed by atoms with E-state index in [2.05, 4.69) is 54.7 Å². The standard InChI is InChI=1S/C23H24NO/c1-16(22-8-4-6-18-5-2-3-7-23(18)22)24-20-12-9-19(15-20)17-10-13-21(25)14-11-17/h2-8,10-11,13-14,16,19-20,24H,9,12,15H2,1H3/t16-,19-,20+/m1/s1. The van der Waals surface area contributed by atoms with Crippen molar-refractivity contribution in [3.05, 3.63) is 77.9 Å². The van der Waals surface area contributed by atoms with Crippen molar-refractivity contribution in [3.8, 4) is 5.75 Å². The van der Waals surface area contributed by atoms with Crippen molar-refractivity contribution in [1.29, 1.82) is 0 Å². The van der Waals surface area contributed by atoms with Crippen molar-refractivity contribution >= 4 is 10.8 Å². The normalized spacial score (nSPS) is 21.5. The van der Waals surface area contributed by atoms with Crippen LogP contribution in [0.2, 0.25) is 0 Å². The molecule has 3 aromatic rings. The van der Waals surface area contributed by atoms with Gasteiger partial charge >= 0.3 is 0 Å². The molecular weight excluding hydrogens is 306 g/mol. The highest BCUT2D eigenvalue weighted by molar-refractivity contribution is 5.86. The van der Waals surface area contributed by atoms with Gasteiger partial charge in [-0.3, -0.25) is 5.11 Å². The van der Waals surface area contributed by atoms with E-state index in [9.17, 15) is 5.11 Å². The molecule has 25 heavy (non-hydrogen) atoms. The second kappa shape index (κ2) is 6.89. The Morgan fingerprint density at radius 1 is 0.920 bits per heavy atom. The summed E-state index contributed by atoms with van der Waals surface area (Å²) >= 11 is 0. The van der Waals surface area contributed by atoms with Crippen LogP contribution in [0, 0.1) is 0 Å². The predicted molar refractivity (Wildman–Crippen MR) is 102 cm³/mol.